The third-order valence-electron chi connectivity index (χ3n) is 6.32. The SMILES string of the molecule is COc1ccc2nc(NCCCN3CC(=O)N(CC(=O)NC[C@H](NC(=O)OCc4ccccc4)C(=O)O)C3=O)[nH]c2c1. The molecular weight excluding hydrogens is 550 g/mol. The van der Waals surface area contributed by atoms with Crippen LogP contribution in [0.1, 0.15) is 12.0 Å². The zero-order valence-electron chi connectivity index (χ0n) is 22.8. The van der Waals surface area contributed by atoms with Gasteiger partial charge in [0.1, 0.15) is 31.5 Å². The molecular formula is C27H31N7O8. The molecule has 1 atom stereocenters. The van der Waals surface area contributed by atoms with Gasteiger partial charge in [-0.05, 0) is 24.1 Å². The van der Waals surface area contributed by atoms with E-state index in [2.05, 4.69) is 25.9 Å². The van der Waals surface area contributed by atoms with Gasteiger partial charge in [0.15, 0.2) is 0 Å². The number of nitrogens with one attached hydrogen (secondary N) is 4. The number of methoxy groups -OCH3 is 1. The number of rotatable bonds is 14. The number of aromatic nitrogens is 2. The first-order valence-electron chi connectivity index (χ1n) is 13.1. The number of carboxylic acid groups (broad SMARTS) is 1. The van der Waals surface area contributed by atoms with E-state index < -0.39 is 49.0 Å². The largest absolute Gasteiger partial charge is 0.497 e. The Balaban J connectivity index is 1.17. The molecule has 3 aromatic rings. The molecule has 1 aromatic heterocycles. The third kappa shape index (κ3) is 7.87. The number of amides is 5. The first kappa shape index (κ1) is 29.6. The lowest BCUT2D eigenvalue weighted by molar-refractivity contribution is -0.139. The number of aliphatic carboxylic acids is 1. The van der Waals surface area contributed by atoms with Crippen molar-refractivity contribution in [2.24, 2.45) is 0 Å². The number of fused-ring (bicyclic) bond motifs is 1. The van der Waals surface area contributed by atoms with Crippen molar-refractivity contribution in [1.82, 2.24) is 30.4 Å². The number of anilines is 1. The molecule has 0 unspecified atom stereocenters. The molecule has 5 N–H and O–H groups in total. The van der Waals surface area contributed by atoms with Crippen LogP contribution in [0.4, 0.5) is 15.5 Å². The van der Waals surface area contributed by atoms with Crippen LogP contribution in [-0.4, -0.2) is 101 Å². The van der Waals surface area contributed by atoms with Crippen LogP contribution in [0.5, 0.6) is 5.75 Å². The highest BCUT2D eigenvalue weighted by Crippen LogP contribution is 2.20. The number of hydrogen-bond acceptors (Lipinski definition) is 9. The molecule has 1 aliphatic heterocycles. The Morgan fingerprint density at radius 3 is 2.67 bits per heavy atom. The molecule has 4 rings (SSSR count). The highest BCUT2D eigenvalue weighted by molar-refractivity contribution is 6.04. The highest BCUT2D eigenvalue weighted by Gasteiger charge is 2.36. The molecule has 0 spiro atoms. The lowest BCUT2D eigenvalue weighted by Crippen LogP contribution is -2.50. The molecule has 2 heterocycles. The van der Waals surface area contributed by atoms with Crippen molar-refractivity contribution in [2.75, 3.05) is 45.2 Å². The van der Waals surface area contributed by atoms with Crippen LogP contribution in [0, 0.1) is 0 Å². The van der Waals surface area contributed by atoms with E-state index in [0.29, 0.717) is 30.2 Å². The van der Waals surface area contributed by atoms with Gasteiger partial charge in [-0.25, -0.2) is 19.4 Å². The van der Waals surface area contributed by atoms with Crippen molar-refractivity contribution in [3.63, 3.8) is 0 Å². The number of nitrogens with zero attached hydrogens (tertiary/aromatic N) is 3. The summed E-state index contributed by atoms with van der Waals surface area (Å²) < 4.78 is 10.2. The standard InChI is InChI=1S/C27H31N7O8/c1-41-18-8-9-19-20(12-18)31-25(30-19)28-10-5-11-33-15-23(36)34(27(33)40)14-22(35)29-13-21(24(37)38)32-26(39)42-16-17-6-3-2-4-7-17/h2-4,6-9,12,21H,5,10-11,13-16H2,1H3,(H,29,35)(H,32,39)(H,37,38)(H2,28,30,31)/t21-/m0/s1. The van der Waals surface area contributed by atoms with Crippen LogP contribution in [0.25, 0.3) is 11.0 Å². The average molecular weight is 582 g/mol. The Kier molecular flexibility index (Phi) is 9.76. The fraction of sp³-hybridized carbons (Fsp3) is 0.333. The smallest absolute Gasteiger partial charge is 0.408 e. The van der Waals surface area contributed by atoms with Gasteiger partial charge in [-0.15, -0.1) is 0 Å². The minimum atomic E-state index is -1.49. The maximum Gasteiger partial charge on any atom is 0.408 e. The van der Waals surface area contributed by atoms with Gasteiger partial charge in [0, 0.05) is 25.7 Å². The summed E-state index contributed by atoms with van der Waals surface area (Å²) >= 11 is 0. The first-order valence-corrected chi connectivity index (χ1v) is 13.1. The average Bonchev–Trinajstić information content (AvgIpc) is 3.51. The number of ether oxygens (including phenoxy) is 2. The number of urea groups is 1. The number of carboxylic acids is 1. The van der Waals surface area contributed by atoms with Gasteiger partial charge in [-0.1, -0.05) is 30.3 Å². The summed E-state index contributed by atoms with van der Waals surface area (Å²) in [6.07, 6.45) is -0.470. The number of hydrogen-bond donors (Lipinski definition) is 5. The van der Waals surface area contributed by atoms with Gasteiger partial charge in [0.25, 0.3) is 5.91 Å². The van der Waals surface area contributed by atoms with E-state index in [9.17, 15) is 29.1 Å². The predicted molar refractivity (Wildman–Crippen MR) is 149 cm³/mol. The number of aromatic amines is 1. The zero-order chi connectivity index (χ0) is 30.1. The maximum absolute atomic E-state index is 12.7. The van der Waals surface area contributed by atoms with Gasteiger partial charge in [0.2, 0.25) is 11.9 Å². The second kappa shape index (κ2) is 13.8. The van der Waals surface area contributed by atoms with Crippen LogP contribution in [0.15, 0.2) is 48.5 Å². The first-order chi connectivity index (χ1) is 20.2. The van der Waals surface area contributed by atoms with Crippen molar-refractivity contribution in [3.8, 4) is 5.75 Å². The monoisotopic (exact) mass is 581 g/mol. The Hall–Kier alpha value is -5.34. The molecule has 0 radical (unpaired) electrons. The van der Waals surface area contributed by atoms with Crippen molar-refractivity contribution >= 4 is 46.9 Å². The number of imide groups is 1. The van der Waals surface area contributed by atoms with E-state index in [1.165, 1.54) is 4.90 Å². The van der Waals surface area contributed by atoms with Crippen LogP contribution in [0.2, 0.25) is 0 Å². The van der Waals surface area contributed by atoms with Crippen LogP contribution in [-0.2, 0) is 25.7 Å². The van der Waals surface area contributed by atoms with Crippen molar-refractivity contribution < 1.29 is 38.6 Å². The number of imidazole rings is 1. The molecule has 0 saturated carbocycles. The number of H-pyrrole nitrogens is 1. The summed E-state index contributed by atoms with van der Waals surface area (Å²) in [6, 6.07) is 12.2. The minimum absolute atomic E-state index is 0.0628. The van der Waals surface area contributed by atoms with Crippen molar-refractivity contribution in [3.05, 3.63) is 54.1 Å². The second-order valence-corrected chi connectivity index (χ2v) is 9.33. The Morgan fingerprint density at radius 1 is 1.14 bits per heavy atom. The molecule has 1 saturated heterocycles. The van der Waals surface area contributed by atoms with Crippen molar-refractivity contribution in [1.29, 1.82) is 0 Å². The molecule has 15 heteroatoms. The van der Waals surface area contributed by atoms with E-state index in [0.717, 1.165) is 15.9 Å². The summed E-state index contributed by atoms with van der Waals surface area (Å²) in [4.78, 5) is 70.7. The zero-order valence-corrected chi connectivity index (χ0v) is 22.8. The molecule has 2 aromatic carbocycles. The van der Waals surface area contributed by atoms with Crippen LogP contribution < -0.4 is 20.7 Å². The normalized spacial score (nSPS) is 13.6. The summed E-state index contributed by atoms with van der Waals surface area (Å²) in [7, 11) is 1.58. The molecule has 1 aliphatic rings. The van der Waals surface area contributed by atoms with Gasteiger partial charge in [-0.2, -0.15) is 0 Å². The topological polar surface area (TPSA) is 195 Å². The third-order valence-corrected chi connectivity index (χ3v) is 6.32. The van der Waals surface area contributed by atoms with E-state index in [4.69, 9.17) is 9.47 Å². The van der Waals surface area contributed by atoms with Gasteiger partial charge in [-0.3, -0.25) is 14.5 Å². The fourth-order valence-electron chi connectivity index (χ4n) is 4.12. The van der Waals surface area contributed by atoms with E-state index in [1.807, 2.05) is 12.1 Å². The molecule has 15 nitrogen and oxygen atoms in total. The van der Waals surface area contributed by atoms with E-state index >= 15 is 0 Å². The number of carbonyl (C=O) groups is 5. The van der Waals surface area contributed by atoms with E-state index in [-0.39, 0.29) is 19.7 Å². The Bertz CT molecular complexity index is 1440. The quantitative estimate of drug-likeness (QED) is 0.136. The summed E-state index contributed by atoms with van der Waals surface area (Å²) in [5, 5.41) is 17.0. The van der Waals surface area contributed by atoms with Crippen molar-refractivity contribution in [2.45, 2.75) is 19.1 Å². The number of carbonyl (C=O) groups excluding carboxylic acids is 4. The Labute approximate surface area is 240 Å². The summed E-state index contributed by atoms with van der Waals surface area (Å²) in [5.74, 6) is -1.45. The van der Waals surface area contributed by atoms with Crippen LogP contribution >= 0.6 is 0 Å². The van der Waals surface area contributed by atoms with Gasteiger partial charge in [0.05, 0.1) is 18.1 Å². The molecule has 0 aliphatic carbocycles. The molecule has 0 bridgehead atoms. The summed E-state index contributed by atoms with van der Waals surface area (Å²) in [5.41, 5.74) is 2.28. The second-order valence-electron chi connectivity index (χ2n) is 9.33. The summed E-state index contributed by atoms with van der Waals surface area (Å²) in [6.45, 7) is -0.573. The molecule has 42 heavy (non-hydrogen) atoms. The predicted octanol–water partition coefficient (Wildman–Crippen LogP) is 1.13. The maximum atomic E-state index is 12.7. The fourth-order valence-corrected chi connectivity index (χ4v) is 4.12. The van der Waals surface area contributed by atoms with Gasteiger partial charge < -0.3 is 40.4 Å². The Morgan fingerprint density at radius 2 is 1.93 bits per heavy atom. The van der Waals surface area contributed by atoms with Gasteiger partial charge >= 0.3 is 18.1 Å². The molecule has 1 fully saturated rings. The lowest BCUT2D eigenvalue weighted by atomic mass is 10.2. The van der Waals surface area contributed by atoms with Crippen LogP contribution in [0.3, 0.4) is 0 Å². The molecule has 222 valence electrons. The minimum Gasteiger partial charge on any atom is -0.497 e. The van der Waals surface area contributed by atoms with E-state index in [1.54, 1.807) is 43.5 Å². The molecule has 5 amide bonds. The highest BCUT2D eigenvalue weighted by atomic mass is 16.5. The lowest BCUT2D eigenvalue weighted by Gasteiger charge is -2.18. The number of alkyl carbamates (subject to hydrolysis) is 1. The number of benzene rings is 2.